The average molecular weight is 780 g/mol. The zero-order valence-electron chi connectivity index (χ0n) is 31.0. The Morgan fingerprint density at radius 3 is 1.89 bits per heavy atom. The maximum absolute atomic E-state index is 14.4. The molecule has 0 aliphatic carbocycles. The van der Waals surface area contributed by atoms with Crippen LogP contribution in [-0.4, -0.2) is 72.2 Å². The first-order valence-electron chi connectivity index (χ1n) is 17.6. The summed E-state index contributed by atoms with van der Waals surface area (Å²) < 4.78 is 13.8. The molecule has 0 saturated carbocycles. The smallest absolute Gasteiger partial charge is 0.244 e. The van der Waals surface area contributed by atoms with Crippen molar-refractivity contribution in [2.24, 2.45) is 44.6 Å². The number of rotatable bonds is 20. The van der Waals surface area contributed by atoms with Gasteiger partial charge in [-0.2, -0.15) is 0 Å². The molecule has 4 atom stereocenters. The molecule has 0 aliphatic rings. The Morgan fingerprint density at radius 2 is 1.35 bits per heavy atom. The summed E-state index contributed by atoms with van der Waals surface area (Å²) in [6.07, 6.45) is 0.592. The van der Waals surface area contributed by atoms with Gasteiger partial charge in [0.1, 0.15) is 30.0 Å². The molecule has 3 rings (SSSR count). The van der Waals surface area contributed by atoms with E-state index in [4.69, 9.17) is 28.7 Å². The van der Waals surface area contributed by atoms with Crippen LogP contribution in [0.5, 0.6) is 0 Å². The monoisotopic (exact) mass is 779 g/mol. The number of hydrogen-bond acceptors (Lipinski definition) is 8. The summed E-state index contributed by atoms with van der Waals surface area (Å²) in [4.78, 5) is 76.8. The van der Waals surface area contributed by atoms with Crippen LogP contribution in [0.25, 0.3) is 0 Å². The van der Waals surface area contributed by atoms with Crippen molar-refractivity contribution in [3.8, 4) is 0 Å². The molecule has 0 saturated heterocycles. The molecule has 1 aromatic heterocycles. The Morgan fingerprint density at radius 1 is 0.764 bits per heavy atom. The standard InChI is InChI=1S/C37H50FN11O5S/c1-21(2)18-28(33(52)46-27(32(39)51)6-4-16-44-36(40)41)47-34(53)29(19-23-10-14-26(15-11-23)45-37(42)43)48-35(54)30(20-24-8-12-25(38)13-9-24)49(22(3)50)31-7-5-17-55-31/h5,7-15,17,21,27-30H,4,6,16,18-20H2,1-3H3,(H2,39,51)(H,46,52)(H,47,53)(H,48,54)(H4,40,41,44)(H4,42,43,45)/t27-,28-,29-,30-/m0/s1. The summed E-state index contributed by atoms with van der Waals surface area (Å²) in [5.41, 5.74) is 29.0. The number of thiophene rings is 1. The minimum Gasteiger partial charge on any atom is -0.370 e. The molecule has 1 heterocycles. The highest BCUT2D eigenvalue weighted by Gasteiger charge is 2.35. The van der Waals surface area contributed by atoms with Crippen molar-refractivity contribution in [1.82, 2.24) is 16.0 Å². The van der Waals surface area contributed by atoms with Gasteiger partial charge in [0.15, 0.2) is 11.9 Å². The minimum absolute atomic E-state index is 0.0127. The first kappa shape index (κ1) is 43.4. The Bertz CT molecular complexity index is 1810. The quantitative estimate of drug-likeness (QED) is 0.0461. The molecule has 0 fully saturated rings. The fourth-order valence-corrected chi connectivity index (χ4v) is 6.51. The van der Waals surface area contributed by atoms with E-state index in [0.717, 1.165) is 0 Å². The molecule has 55 heavy (non-hydrogen) atoms. The number of nitrogens with zero attached hydrogens (tertiary/aromatic N) is 3. The molecule has 0 unspecified atom stereocenters. The van der Waals surface area contributed by atoms with E-state index in [1.807, 2.05) is 13.8 Å². The number of guanidine groups is 2. The van der Waals surface area contributed by atoms with E-state index in [1.54, 1.807) is 41.8 Å². The lowest BCUT2D eigenvalue weighted by molar-refractivity contribution is -0.134. The molecular formula is C37H50FN11O5S. The fraction of sp³-hybridized carbons (Fsp3) is 0.378. The number of carbonyl (C=O) groups excluding carboxylic acids is 5. The SMILES string of the molecule is CC(=O)N(c1cccs1)[C@@H](Cc1ccc(F)cc1)C(=O)N[C@@H](Cc1ccc(N=C(N)N)cc1)C(=O)N[C@@H](CC(C)C)C(=O)N[C@@H](CCCN=C(N)N)C(N)=O. The van der Waals surface area contributed by atoms with Gasteiger partial charge < -0.3 is 44.6 Å². The summed E-state index contributed by atoms with van der Waals surface area (Å²) in [5, 5.41) is 10.5. The number of primary amides is 1. The third-order valence-electron chi connectivity index (χ3n) is 8.25. The molecule has 5 amide bonds. The van der Waals surface area contributed by atoms with E-state index in [1.165, 1.54) is 47.4 Å². The zero-order valence-corrected chi connectivity index (χ0v) is 31.9. The first-order valence-corrected chi connectivity index (χ1v) is 18.4. The van der Waals surface area contributed by atoms with Crippen molar-refractivity contribution < 1.29 is 28.4 Å². The highest BCUT2D eigenvalue weighted by molar-refractivity contribution is 7.14. The molecular weight excluding hydrogens is 730 g/mol. The van der Waals surface area contributed by atoms with Gasteiger partial charge in [0.2, 0.25) is 29.5 Å². The maximum Gasteiger partial charge on any atom is 0.244 e. The van der Waals surface area contributed by atoms with Gasteiger partial charge >= 0.3 is 0 Å². The molecule has 0 spiro atoms. The van der Waals surface area contributed by atoms with E-state index < -0.39 is 59.5 Å². The van der Waals surface area contributed by atoms with E-state index in [9.17, 15) is 28.4 Å². The second-order valence-electron chi connectivity index (χ2n) is 13.3. The van der Waals surface area contributed by atoms with E-state index in [0.29, 0.717) is 28.2 Å². The van der Waals surface area contributed by atoms with Crippen molar-refractivity contribution in [1.29, 1.82) is 0 Å². The second kappa shape index (κ2) is 21.0. The van der Waals surface area contributed by atoms with Crippen LogP contribution in [0.3, 0.4) is 0 Å². The minimum atomic E-state index is -1.27. The highest BCUT2D eigenvalue weighted by atomic mass is 32.1. The van der Waals surface area contributed by atoms with Crippen molar-refractivity contribution >= 4 is 63.5 Å². The number of nitrogens with two attached hydrogens (primary N) is 5. The van der Waals surface area contributed by atoms with Crippen molar-refractivity contribution in [3.63, 3.8) is 0 Å². The van der Waals surface area contributed by atoms with Crippen LogP contribution in [-0.2, 0) is 36.8 Å². The van der Waals surface area contributed by atoms with Gasteiger partial charge in [0.25, 0.3) is 0 Å². The topological polar surface area (TPSA) is 280 Å². The molecule has 3 aromatic rings. The molecule has 296 valence electrons. The number of halogens is 1. The van der Waals surface area contributed by atoms with Gasteiger partial charge in [-0.05, 0) is 78.1 Å². The molecule has 2 aromatic carbocycles. The van der Waals surface area contributed by atoms with Crippen LogP contribution in [0.1, 0.15) is 51.2 Å². The van der Waals surface area contributed by atoms with Gasteiger partial charge in [-0.1, -0.05) is 38.1 Å². The summed E-state index contributed by atoms with van der Waals surface area (Å²) in [5.74, 6) is -4.08. The molecule has 0 aliphatic heterocycles. The third kappa shape index (κ3) is 14.4. The van der Waals surface area contributed by atoms with Crippen LogP contribution in [0.2, 0.25) is 0 Å². The number of benzene rings is 2. The predicted molar refractivity (Wildman–Crippen MR) is 211 cm³/mol. The lowest BCUT2D eigenvalue weighted by Gasteiger charge is -2.31. The normalized spacial score (nSPS) is 13.0. The van der Waals surface area contributed by atoms with E-state index in [2.05, 4.69) is 25.9 Å². The molecule has 13 N–H and O–H groups in total. The van der Waals surface area contributed by atoms with Gasteiger partial charge in [0, 0.05) is 26.3 Å². The van der Waals surface area contributed by atoms with Crippen LogP contribution in [0, 0.1) is 11.7 Å². The van der Waals surface area contributed by atoms with Crippen LogP contribution < -0.4 is 49.5 Å². The first-order chi connectivity index (χ1) is 26.0. The van der Waals surface area contributed by atoms with Crippen molar-refractivity contribution in [3.05, 3.63) is 83.0 Å². The number of carbonyl (C=O) groups is 5. The largest absolute Gasteiger partial charge is 0.370 e. The number of amides is 5. The van der Waals surface area contributed by atoms with Gasteiger partial charge in [-0.25, -0.2) is 9.38 Å². The Balaban J connectivity index is 1.98. The van der Waals surface area contributed by atoms with Gasteiger partial charge in [-0.3, -0.25) is 33.9 Å². The maximum atomic E-state index is 14.4. The molecule has 18 heteroatoms. The average Bonchev–Trinajstić information content (AvgIpc) is 3.64. The lowest BCUT2D eigenvalue weighted by atomic mass is 9.99. The molecule has 0 radical (unpaired) electrons. The lowest BCUT2D eigenvalue weighted by Crippen LogP contribution is -2.59. The van der Waals surface area contributed by atoms with Crippen LogP contribution >= 0.6 is 11.3 Å². The van der Waals surface area contributed by atoms with Crippen molar-refractivity contribution in [2.45, 2.75) is 77.0 Å². The zero-order chi connectivity index (χ0) is 40.7. The van der Waals surface area contributed by atoms with Crippen molar-refractivity contribution in [2.75, 3.05) is 11.4 Å². The number of anilines is 1. The number of aliphatic imine (C=N–C) groups is 2. The second-order valence-corrected chi connectivity index (χ2v) is 14.2. The third-order valence-corrected chi connectivity index (χ3v) is 9.12. The summed E-state index contributed by atoms with van der Waals surface area (Å²) >= 11 is 1.25. The fourth-order valence-electron chi connectivity index (χ4n) is 5.69. The summed E-state index contributed by atoms with van der Waals surface area (Å²) in [6, 6.07) is 10.9. The van der Waals surface area contributed by atoms with Gasteiger partial charge in [0.05, 0.1) is 10.7 Å². The van der Waals surface area contributed by atoms with E-state index >= 15 is 0 Å². The predicted octanol–water partition coefficient (Wildman–Crippen LogP) is 1.04. The van der Waals surface area contributed by atoms with Crippen LogP contribution in [0.15, 0.2) is 76.0 Å². The highest BCUT2D eigenvalue weighted by Crippen LogP contribution is 2.26. The van der Waals surface area contributed by atoms with E-state index in [-0.39, 0.29) is 50.1 Å². The Labute approximate surface area is 323 Å². The Kier molecular flexibility index (Phi) is 16.6. The summed E-state index contributed by atoms with van der Waals surface area (Å²) in [7, 11) is 0. The van der Waals surface area contributed by atoms with Crippen LogP contribution in [0.4, 0.5) is 15.1 Å². The molecule has 0 bridgehead atoms. The number of nitrogens with one attached hydrogen (secondary N) is 3. The van der Waals surface area contributed by atoms with Gasteiger partial charge in [-0.15, -0.1) is 11.3 Å². The Hall–Kier alpha value is -6.04. The molecule has 16 nitrogen and oxygen atoms in total. The summed E-state index contributed by atoms with van der Waals surface area (Å²) in [6.45, 7) is 5.23. The number of hydrogen-bond donors (Lipinski definition) is 8.